The van der Waals surface area contributed by atoms with Crippen molar-refractivity contribution in [3.05, 3.63) is 34.9 Å². The van der Waals surface area contributed by atoms with Crippen molar-refractivity contribution in [3.63, 3.8) is 0 Å². The van der Waals surface area contributed by atoms with Gasteiger partial charge in [0.1, 0.15) is 0 Å². The van der Waals surface area contributed by atoms with Crippen LogP contribution < -0.4 is 0 Å². The maximum atomic E-state index is 11.4. The molecule has 0 heterocycles. The molecule has 0 saturated carbocycles. The third kappa shape index (κ3) is 4.75. The fourth-order valence-electron chi connectivity index (χ4n) is 1.13. The van der Waals surface area contributed by atoms with Gasteiger partial charge in [-0.15, -0.1) is 0 Å². The Bertz CT molecular complexity index is 432. The van der Waals surface area contributed by atoms with E-state index < -0.39 is 12.1 Å². The second-order valence-electron chi connectivity index (χ2n) is 3.99. The molecule has 0 aliphatic heterocycles. The average molecular weight is 270 g/mol. The van der Waals surface area contributed by atoms with E-state index in [0.29, 0.717) is 5.02 Å². The molecule has 4 nitrogen and oxygen atoms in total. The van der Waals surface area contributed by atoms with Gasteiger partial charge in [0.05, 0.1) is 12.3 Å². The fourth-order valence-corrected chi connectivity index (χ4v) is 1.31. The van der Waals surface area contributed by atoms with Crippen LogP contribution in [0.3, 0.4) is 0 Å². The van der Waals surface area contributed by atoms with E-state index in [1.54, 1.807) is 32.9 Å². The zero-order valence-corrected chi connectivity index (χ0v) is 11.3. The SMILES string of the molecule is CC(C)OC(=O)C(C)ON=Cc1ccccc1Cl. The molecule has 1 rings (SSSR count). The van der Waals surface area contributed by atoms with Crippen molar-refractivity contribution in [3.8, 4) is 0 Å². The van der Waals surface area contributed by atoms with E-state index in [-0.39, 0.29) is 6.10 Å². The van der Waals surface area contributed by atoms with Crippen LogP contribution >= 0.6 is 11.6 Å². The summed E-state index contributed by atoms with van der Waals surface area (Å²) in [6.07, 6.45) is 0.545. The topological polar surface area (TPSA) is 47.9 Å². The Labute approximate surface area is 112 Å². The molecule has 18 heavy (non-hydrogen) atoms. The van der Waals surface area contributed by atoms with Crippen molar-refractivity contribution < 1.29 is 14.4 Å². The van der Waals surface area contributed by atoms with Crippen molar-refractivity contribution in [1.82, 2.24) is 0 Å². The molecule has 98 valence electrons. The van der Waals surface area contributed by atoms with Gasteiger partial charge in [-0.3, -0.25) is 0 Å². The lowest BCUT2D eigenvalue weighted by atomic mass is 10.2. The van der Waals surface area contributed by atoms with E-state index in [2.05, 4.69) is 5.16 Å². The van der Waals surface area contributed by atoms with Crippen molar-refractivity contribution in [2.45, 2.75) is 33.0 Å². The summed E-state index contributed by atoms with van der Waals surface area (Å²) < 4.78 is 4.97. The Hall–Kier alpha value is -1.55. The number of halogens is 1. The molecule has 0 saturated heterocycles. The number of hydrogen-bond acceptors (Lipinski definition) is 4. The number of carbonyl (C=O) groups is 1. The molecule has 0 bridgehead atoms. The van der Waals surface area contributed by atoms with Crippen LogP contribution in [-0.2, 0) is 14.4 Å². The second kappa shape index (κ2) is 7.01. The summed E-state index contributed by atoms with van der Waals surface area (Å²) in [5, 5.41) is 4.29. The highest BCUT2D eigenvalue weighted by Gasteiger charge is 2.16. The van der Waals surface area contributed by atoms with Crippen LogP contribution in [0.15, 0.2) is 29.4 Å². The zero-order valence-electron chi connectivity index (χ0n) is 10.6. The van der Waals surface area contributed by atoms with Crippen molar-refractivity contribution in [2.24, 2.45) is 5.16 Å². The molecule has 0 aliphatic carbocycles. The lowest BCUT2D eigenvalue weighted by Gasteiger charge is -2.11. The molecule has 0 radical (unpaired) electrons. The van der Waals surface area contributed by atoms with Gasteiger partial charge < -0.3 is 9.57 Å². The molecule has 1 aromatic carbocycles. The number of oxime groups is 1. The first kappa shape index (κ1) is 14.5. The third-order valence-corrected chi connectivity index (χ3v) is 2.34. The quantitative estimate of drug-likeness (QED) is 0.469. The van der Waals surface area contributed by atoms with Crippen LogP contribution in [0, 0.1) is 0 Å². The van der Waals surface area contributed by atoms with Crippen LogP contribution in [0.2, 0.25) is 5.02 Å². The number of ether oxygens (including phenoxy) is 1. The number of hydrogen-bond donors (Lipinski definition) is 0. The first-order valence-corrected chi connectivity index (χ1v) is 6.02. The van der Waals surface area contributed by atoms with Crippen LogP contribution in [0.5, 0.6) is 0 Å². The minimum absolute atomic E-state index is 0.170. The van der Waals surface area contributed by atoms with Crippen LogP contribution in [0.25, 0.3) is 0 Å². The van der Waals surface area contributed by atoms with E-state index in [4.69, 9.17) is 21.2 Å². The van der Waals surface area contributed by atoms with Crippen LogP contribution in [0.1, 0.15) is 26.3 Å². The Kier molecular flexibility index (Phi) is 5.65. The monoisotopic (exact) mass is 269 g/mol. The van der Waals surface area contributed by atoms with E-state index in [0.717, 1.165) is 5.56 Å². The van der Waals surface area contributed by atoms with Gasteiger partial charge in [0.25, 0.3) is 0 Å². The van der Waals surface area contributed by atoms with Crippen LogP contribution in [-0.4, -0.2) is 24.4 Å². The molecule has 1 atom stereocenters. The zero-order chi connectivity index (χ0) is 13.5. The molecule has 0 aliphatic rings. The fraction of sp³-hybridized carbons (Fsp3) is 0.385. The van der Waals surface area contributed by atoms with E-state index >= 15 is 0 Å². The summed E-state index contributed by atoms with van der Waals surface area (Å²) in [6.45, 7) is 5.13. The summed E-state index contributed by atoms with van der Waals surface area (Å²) in [7, 11) is 0. The highest BCUT2D eigenvalue weighted by Crippen LogP contribution is 2.12. The predicted molar refractivity (Wildman–Crippen MR) is 70.8 cm³/mol. The molecule has 1 aromatic rings. The Morgan fingerprint density at radius 1 is 1.33 bits per heavy atom. The highest BCUT2D eigenvalue weighted by atomic mass is 35.5. The molecule has 5 heteroatoms. The van der Waals surface area contributed by atoms with Gasteiger partial charge >= 0.3 is 5.97 Å². The first-order chi connectivity index (χ1) is 8.50. The molecule has 0 N–H and O–H groups in total. The minimum Gasteiger partial charge on any atom is -0.460 e. The second-order valence-corrected chi connectivity index (χ2v) is 4.40. The van der Waals surface area contributed by atoms with Gasteiger partial charge in [-0.2, -0.15) is 0 Å². The standard InChI is InChI=1S/C13H16ClNO3/c1-9(2)17-13(16)10(3)18-15-8-11-6-4-5-7-12(11)14/h4-10H,1-3H3. The summed E-state index contributed by atoms with van der Waals surface area (Å²) in [6, 6.07) is 7.21. The molecule has 1 unspecified atom stereocenters. The predicted octanol–water partition coefficient (Wildman–Crippen LogP) is 3.03. The number of benzene rings is 1. The smallest absolute Gasteiger partial charge is 0.350 e. The summed E-state index contributed by atoms with van der Waals surface area (Å²) >= 11 is 5.93. The average Bonchev–Trinajstić information content (AvgIpc) is 2.30. The van der Waals surface area contributed by atoms with Gasteiger partial charge in [-0.25, -0.2) is 4.79 Å². The Morgan fingerprint density at radius 3 is 2.61 bits per heavy atom. The van der Waals surface area contributed by atoms with E-state index in [9.17, 15) is 4.79 Å². The molecular formula is C13H16ClNO3. The van der Waals surface area contributed by atoms with Gasteiger partial charge in [0.2, 0.25) is 6.10 Å². The number of esters is 1. The normalized spacial score (nSPS) is 12.7. The lowest BCUT2D eigenvalue weighted by Crippen LogP contribution is -2.24. The summed E-state index contributed by atoms with van der Waals surface area (Å²) in [4.78, 5) is 16.4. The molecule has 0 spiro atoms. The largest absolute Gasteiger partial charge is 0.460 e. The number of carbonyl (C=O) groups excluding carboxylic acids is 1. The maximum Gasteiger partial charge on any atom is 0.350 e. The highest BCUT2D eigenvalue weighted by molar-refractivity contribution is 6.33. The minimum atomic E-state index is -0.744. The summed E-state index contributed by atoms with van der Waals surface area (Å²) in [5.74, 6) is -0.443. The first-order valence-electron chi connectivity index (χ1n) is 5.65. The maximum absolute atomic E-state index is 11.4. The van der Waals surface area contributed by atoms with Crippen LogP contribution in [0.4, 0.5) is 0 Å². The molecule has 0 amide bonds. The van der Waals surface area contributed by atoms with Crippen molar-refractivity contribution in [2.75, 3.05) is 0 Å². The number of rotatable bonds is 5. The van der Waals surface area contributed by atoms with Crippen molar-refractivity contribution >= 4 is 23.8 Å². The van der Waals surface area contributed by atoms with Crippen molar-refractivity contribution in [1.29, 1.82) is 0 Å². The van der Waals surface area contributed by atoms with Gasteiger partial charge in [0.15, 0.2) is 0 Å². The molecule has 0 fully saturated rings. The van der Waals surface area contributed by atoms with E-state index in [1.165, 1.54) is 6.21 Å². The van der Waals surface area contributed by atoms with Gasteiger partial charge in [0, 0.05) is 10.6 Å². The molecular weight excluding hydrogens is 254 g/mol. The Balaban J connectivity index is 2.50. The lowest BCUT2D eigenvalue weighted by molar-refractivity contribution is -0.159. The Morgan fingerprint density at radius 2 is 2.00 bits per heavy atom. The third-order valence-electron chi connectivity index (χ3n) is 2.00. The van der Waals surface area contributed by atoms with E-state index in [1.807, 2.05) is 12.1 Å². The summed E-state index contributed by atoms with van der Waals surface area (Å²) in [5.41, 5.74) is 0.726. The number of nitrogens with zero attached hydrogens (tertiary/aromatic N) is 1. The molecule has 0 aromatic heterocycles. The van der Waals surface area contributed by atoms with Gasteiger partial charge in [-0.05, 0) is 26.8 Å². The van der Waals surface area contributed by atoms with Gasteiger partial charge in [-0.1, -0.05) is 35.0 Å².